The third-order valence-electron chi connectivity index (χ3n) is 3.66. The van der Waals surface area contributed by atoms with Crippen LogP contribution in [0.4, 0.5) is 4.39 Å². The summed E-state index contributed by atoms with van der Waals surface area (Å²) in [4.78, 5) is 5.45. The molecule has 1 atom stereocenters. The monoisotopic (exact) mass is 319 g/mol. The Kier molecular flexibility index (Phi) is 4.71. The van der Waals surface area contributed by atoms with E-state index in [4.69, 9.17) is 16.4 Å². The lowest BCUT2D eigenvalue weighted by Gasteiger charge is -2.07. The number of rotatable bonds is 5. The summed E-state index contributed by atoms with van der Waals surface area (Å²) in [5.74, 6) is -0.163. The molecule has 0 amide bonds. The first-order valence-electron chi connectivity index (χ1n) is 7.26. The molecule has 1 aliphatic heterocycles. The van der Waals surface area contributed by atoms with E-state index >= 15 is 0 Å². The molecule has 0 aliphatic carbocycles. The van der Waals surface area contributed by atoms with Crippen LogP contribution in [0.25, 0.3) is 0 Å². The van der Waals surface area contributed by atoms with Gasteiger partial charge in [0.25, 0.3) is 0 Å². The Morgan fingerprint density at radius 1 is 1.18 bits per heavy atom. The van der Waals surface area contributed by atoms with E-state index in [1.54, 1.807) is 12.1 Å². The van der Waals surface area contributed by atoms with Gasteiger partial charge in [-0.1, -0.05) is 47.1 Å². The topological polar surface area (TPSA) is 38.2 Å². The first-order chi connectivity index (χ1) is 10.7. The van der Waals surface area contributed by atoms with Crippen molar-refractivity contribution in [2.75, 3.05) is 6.54 Å². The summed E-state index contributed by atoms with van der Waals surface area (Å²) < 4.78 is 13.5. The van der Waals surface area contributed by atoms with Crippen molar-refractivity contribution in [3.63, 3.8) is 0 Å². The summed E-state index contributed by atoms with van der Waals surface area (Å²) in [5.41, 5.74) is 2.67. The van der Waals surface area contributed by atoms with Crippen molar-refractivity contribution >= 4 is 17.3 Å². The lowest BCUT2D eigenvalue weighted by atomic mass is 10.1. The predicted molar refractivity (Wildman–Crippen MR) is 84.4 cm³/mol. The minimum absolute atomic E-state index is 0.0254. The van der Waals surface area contributed by atoms with Crippen molar-refractivity contribution in [3.05, 3.63) is 70.5 Å². The normalized spacial score (nSPS) is 17.2. The number of hydrogen-bond donors (Lipinski definition) is 1. The molecule has 1 heterocycles. The summed E-state index contributed by atoms with van der Waals surface area (Å²) in [6.45, 7) is 1.34. The van der Waals surface area contributed by atoms with E-state index in [1.165, 1.54) is 6.07 Å². The molecule has 2 aromatic carbocycles. The van der Waals surface area contributed by atoms with Gasteiger partial charge in [-0.2, -0.15) is 0 Å². The van der Waals surface area contributed by atoms with E-state index < -0.39 is 0 Å². The van der Waals surface area contributed by atoms with Gasteiger partial charge in [0, 0.05) is 17.0 Å². The van der Waals surface area contributed by atoms with Gasteiger partial charge in [-0.05, 0) is 23.8 Å². The van der Waals surface area contributed by atoms with Crippen LogP contribution in [0.3, 0.4) is 0 Å². The molecule has 114 valence electrons. The predicted octanol–water partition coefficient (Wildman–Crippen LogP) is 2.74. The maximum atomic E-state index is 13.5. The number of oxime groups is 1. The van der Waals surface area contributed by atoms with E-state index in [-0.39, 0.29) is 11.9 Å². The summed E-state index contributed by atoms with van der Waals surface area (Å²) in [7, 11) is 0. The lowest BCUT2D eigenvalue weighted by molar-refractivity contribution is -0.676. The molecule has 22 heavy (non-hydrogen) atoms. The van der Waals surface area contributed by atoms with Gasteiger partial charge in [-0.3, -0.25) is 0 Å². The highest BCUT2D eigenvalue weighted by molar-refractivity contribution is 6.30. The molecular weight excluding hydrogens is 303 g/mol. The van der Waals surface area contributed by atoms with E-state index in [1.807, 2.05) is 35.6 Å². The van der Waals surface area contributed by atoms with Crippen LogP contribution in [0.15, 0.2) is 53.7 Å². The Morgan fingerprint density at radius 2 is 1.95 bits per heavy atom. The van der Waals surface area contributed by atoms with Gasteiger partial charge in [-0.25, -0.2) is 4.39 Å². The number of quaternary nitrogens is 1. The quantitative estimate of drug-likeness (QED) is 0.904. The zero-order valence-corrected chi connectivity index (χ0v) is 12.8. The fraction of sp³-hybridized carbons (Fsp3) is 0.235. The Bertz CT molecular complexity index is 673. The van der Waals surface area contributed by atoms with E-state index in [0.29, 0.717) is 17.1 Å². The van der Waals surface area contributed by atoms with E-state index in [2.05, 4.69) is 5.16 Å². The van der Waals surface area contributed by atoms with Gasteiger partial charge in [0.1, 0.15) is 18.9 Å². The number of nitrogens with zero attached hydrogens (tertiary/aromatic N) is 1. The molecule has 0 fully saturated rings. The fourth-order valence-electron chi connectivity index (χ4n) is 2.46. The molecule has 2 aromatic rings. The van der Waals surface area contributed by atoms with E-state index in [9.17, 15) is 4.39 Å². The van der Waals surface area contributed by atoms with Crippen molar-refractivity contribution in [1.29, 1.82) is 0 Å². The Morgan fingerprint density at radius 3 is 2.73 bits per heavy atom. The van der Waals surface area contributed by atoms with Gasteiger partial charge in [0.15, 0.2) is 6.10 Å². The van der Waals surface area contributed by atoms with Gasteiger partial charge in [0.05, 0.1) is 5.71 Å². The van der Waals surface area contributed by atoms with Crippen LogP contribution in [0, 0.1) is 5.82 Å². The number of benzene rings is 2. The van der Waals surface area contributed by atoms with Crippen molar-refractivity contribution in [3.8, 4) is 0 Å². The third kappa shape index (κ3) is 3.64. The fourth-order valence-corrected chi connectivity index (χ4v) is 2.58. The highest BCUT2D eigenvalue weighted by Crippen LogP contribution is 2.17. The highest BCUT2D eigenvalue weighted by Gasteiger charge is 2.23. The maximum Gasteiger partial charge on any atom is 0.181 e. The zero-order valence-electron chi connectivity index (χ0n) is 12.0. The second-order valence-electron chi connectivity index (χ2n) is 5.30. The Labute approximate surface area is 133 Å². The molecule has 0 saturated heterocycles. The van der Waals surface area contributed by atoms with Crippen molar-refractivity contribution in [2.24, 2.45) is 5.16 Å². The average Bonchev–Trinajstić information content (AvgIpc) is 2.99. The Hall–Kier alpha value is -1.91. The van der Waals surface area contributed by atoms with Crippen LogP contribution in [0.1, 0.15) is 17.5 Å². The summed E-state index contributed by atoms with van der Waals surface area (Å²) in [5, 5.41) is 6.89. The summed E-state index contributed by atoms with van der Waals surface area (Å²) in [6.07, 6.45) is 0.785. The zero-order chi connectivity index (χ0) is 15.4. The molecule has 5 heteroatoms. The smallest absolute Gasteiger partial charge is 0.181 e. The van der Waals surface area contributed by atoms with Crippen molar-refractivity contribution < 1.29 is 14.5 Å². The molecule has 2 N–H and O–H groups in total. The first-order valence-corrected chi connectivity index (χ1v) is 7.64. The first kappa shape index (κ1) is 15.0. The molecule has 0 bridgehead atoms. The second-order valence-corrected chi connectivity index (χ2v) is 5.73. The van der Waals surface area contributed by atoms with Crippen LogP contribution in [-0.4, -0.2) is 18.4 Å². The Balaban J connectivity index is 1.48. The molecule has 1 aliphatic rings. The molecular formula is C17H17ClFN2O+. The third-order valence-corrected chi connectivity index (χ3v) is 3.91. The molecule has 0 saturated carbocycles. The molecule has 0 spiro atoms. The number of nitrogens with two attached hydrogens (primary N) is 1. The minimum atomic E-state index is -0.163. The van der Waals surface area contributed by atoms with Crippen LogP contribution in [0.2, 0.25) is 5.02 Å². The molecule has 3 rings (SSSR count). The maximum absolute atomic E-state index is 13.5. The largest absolute Gasteiger partial charge is 0.386 e. The lowest BCUT2D eigenvalue weighted by Crippen LogP contribution is -2.84. The van der Waals surface area contributed by atoms with E-state index in [0.717, 1.165) is 24.2 Å². The molecule has 3 nitrogen and oxygen atoms in total. The summed E-state index contributed by atoms with van der Waals surface area (Å²) in [6, 6.07) is 14.4. The van der Waals surface area contributed by atoms with Crippen LogP contribution >= 0.6 is 11.6 Å². The van der Waals surface area contributed by atoms with Crippen LogP contribution in [-0.2, 0) is 11.4 Å². The van der Waals surface area contributed by atoms with Gasteiger partial charge in [0.2, 0.25) is 0 Å². The van der Waals surface area contributed by atoms with Crippen LogP contribution in [0.5, 0.6) is 0 Å². The van der Waals surface area contributed by atoms with Gasteiger partial charge >= 0.3 is 0 Å². The molecule has 0 radical (unpaired) electrons. The minimum Gasteiger partial charge on any atom is -0.386 e. The molecule has 0 unspecified atom stereocenters. The average molecular weight is 320 g/mol. The van der Waals surface area contributed by atoms with Crippen LogP contribution < -0.4 is 5.32 Å². The van der Waals surface area contributed by atoms with Gasteiger partial charge < -0.3 is 10.2 Å². The number of hydrogen-bond acceptors (Lipinski definition) is 2. The van der Waals surface area contributed by atoms with Crippen molar-refractivity contribution in [2.45, 2.75) is 19.1 Å². The number of halogens is 2. The standard InChI is InChI=1S/C17H16ClFN2O/c18-14-7-5-12(6-8-14)17-9-15(22-21-17)11-20-10-13-3-1-2-4-16(13)19/h1-8,15,20H,9-11H2/p+1/t15-/m1/s1. The van der Waals surface area contributed by atoms with Crippen molar-refractivity contribution in [1.82, 2.24) is 0 Å². The SMILES string of the molecule is Fc1ccccc1C[NH2+]C[C@H]1CC(c2ccc(Cl)cc2)=NO1. The summed E-state index contributed by atoms with van der Waals surface area (Å²) >= 11 is 5.88. The second kappa shape index (κ2) is 6.90. The molecule has 0 aromatic heterocycles. The highest BCUT2D eigenvalue weighted by atomic mass is 35.5. The van der Waals surface area contributed by atoms with Gasteiger partial charge in [-0.15, -0.1) is 0 Å².